The molecule has 132 valence electrons. The highest BCUT2D eigenvalue weighted by atomic mass is 127. The quantitative estimate of drug-likeness (QED) is 0.353. The number of thiazole rings is 1. The number of nitrogens with one attached hydrogen (secondary N) is 2. The fourth-order valence-corrected chi connectivity index (χ4v) is 3.65. The van der Waals surface area contributed by atoms with Gasteiger partial charge in [-0.25, -0.2) is 4.98 Å². The minimum Gasteiger partial charge on any atom is -0.393 e. The molecule has 1 aliphatic carbocycles. The van der Waals surface area contributed by atoms with Crippen LogP contribution < -0.4 is 10.6 Å². The van der Waals surface area contributed by atoms with Crippen molar-refractivity contribution in [2.24, 2.45) is 10.9 Å². The Morgan fingerprint density at radius 2 is 2.13 bits per heavy atom. The van der Waals surface area contributed by atoms with Crippen LogP contribution in [0.15, 0.2) is 4.99 Å². The Bertz CT molecular complexity index is 487. The molecule has 3 N–H and O–H groups in total. The lowest BCUT2D eigenvalue weighted by atomic mass is 10.1. The van der Waals surface area contributed by atoms with E-state index in [1.165, 1.54) is 9.88 Å². The first kappa shape index (κ1) is 20.6. The Kier molecular flexibility index (Phi) is 9.38. The largest absolute Gasteiger partial charge is 0.393 e. The molecule has 0 aromatic carbocycles. The SMILES string of the molecule is CCNC(=NCC1CCCC1O)NCCc1nc(C)c(C)s1.I. The lowest BCUT2D eigenvalue weighted by Gasteiger charge is -2.14. The first-order chi connectivity index (χ1) is 10.6. The number of aliphatic hydroxyl groups excluding tert-OH is 1. The van der Waals surface area contributed by atoms with Crippen molar-refractivity contribution in [1.82, 2.24) is 15.6 Å². The predicted molar refractivity (Wildman–Crippen MR) is 108 cm³/mol. The molecular weight excluding hydrogens is 423 g/mol. The summed E-state index contributed by atoms with van der Waals surface area (Å²) in [5.41, 5.74) is 1.13. The zero-order valence-electron chi connectivity index (χ0n) is 14.3. The minimum absolute atomic E-state index is 0. The Balaban J connectivity index is 0.00000264. The molecule has 1 fully saturated rings. The highest BCUT2D eigenvalue weighted by molar-refractivity contribution is 14.0. The molecule has 2 unspecified atom stereocenters. The van der Waals surface area contributed by atoms with Gasteiger partial charge >= 0.3 is 0 Å². The fraction of sp³-hybridized carbons (Fsp3) is 0.750. The molecule has 2 atom stereocenters. The molecular formula is C16H29IN4OS. The van der Waals surface area contributed by atoms with Gasteiger partial charge < -0.3 is 15.7 Å². The number of aliphatic imine (C=N–C) groups is 1. The summed E-state index contributed by atoms with van der Waals surface area (Å²) in [5.74, 6) is 1.16. The van der Waals surface area contributed by atoms with E-state index in [9.17, 15) is 5.11 Å². The van der Waals surface area contributed by atoms with Crippen LogP contribution in [0, 0.1) is 19.8 Å². The summed E-state index contributed by atoms with van der Waals surface area (Å²) in [6, 6.07) is 0. The van der Waals surface area contributed by atoms with E-state index in [0.717, 1.165) is 50.4 Å². The van der Waals surface area contributed by atoms with E-state index in [4.69, 9.17) is 0 Å². The lowest BCUT2D eigenvalue weighted by Crippen LogP contribution is -2.39. The average molecular weight is 452 g/mol. The Morgan fingerprint density at radius 3 is 2.70 bits per heavy atom. The minimum atomic E-state index is -0.173. The maximum absolute atomic E-state index is 9.87. The molecule has 1 aliphatic rings. The Morgan fingerprint density at radius 1 is 1.35 bits per heavy atom. The Hall–Kier alpha value is -0.410. The molecule has 5 nitrogen and oxygen atoms in total. The fourth-order valence-electron chi connectivity index (χ4n) is 2.71. The highest BCUT2D eigenvalue weighted by Crippen LogP contribution is 2.25. The van der Waals surface area contributed by atoms with Gasteiger partial charge in [0.2, 0.25) is 0 Å². The maximum atomic E-state index is 9.87. The third-order valence-electron chi connectivity index (χ3n) is 4.15. The molecule has 0 radical (unpaired) electrons. The second-order valence-electron chi connectivity index (χ2n) is 5.90. The van der Waals surface area contributed by atoms with E-state index in [1.807, 2.05) is 0 Å². The van der Waals surface area contributed by atoms with Crippen LogP contribution in [0.4, 0.5) is 0 Å². The molecule has 1 heterocycles. The third kappa shape index (κ3) is 6.54. The van der Waals surface area contributed by atoms with E-state index in [0.29, 0.717) is 12.5 Å². The summed E-state index contributed by atoms with van der Waals surface area (Å²) in [5, 5.41) is 17.7. The monoisotopic (exact) mass is 452 g/mol. The summed E-state index contributed by atoms with van der Waals surface area (Å²) in [6.07, 6.45) is 3.87. The van der Waals surface area contributed by atoms with Crippen LogP contribution in [-0.4, -0.2) is 41.8 Å². The number of nitrogens with zero attached hydrogens (tertiary/aromatic N) is 2. The van der Waals surface area contributed by atoms with Crippen molar-refractivity contribution in [3.05, 3.63) is 15.6 Å². The normalized spacial score (nSPS) is 21.1. The molecule has 1 aromatic heterocycles. The van der Waals surface area contributed by atoms with Gasteiger partial charge in [0.1, 0.15) is 0 Å². The average Bonchev–Trinajstić information content (AvgIpc) is 3.02. The number of halogens is 1. The van der Waals surface area contributed by atoms with Crippen LogP contribution in [0.3, 0.4) is 0 Å². The van der Waals surface area contributed by atoms with Gasteiger partial charge in [-0.1, -0.05) is 6.42 Å². The topological polar surface area (TPSA) is 69.5 Å². The molecule has 0 saturated heterocycles. The van der Waals surface area contributed by atoms with Crippen molar-refractivity contribution in [3.63, 3.8) is 0 Å². The molecule has 7 heteroatoms. The van der Waals surface area contributed by atoms with Crippen LogP contribution in [0.1, 0.15) is 41.8 Å². The van der Waals surface area contributed by atoms with E-state index in [1.54, 1.807) is 11.3 Å². The summed E-state index contributed by atoms with van der Waals surface area (Å²) in [4.78, 5) is 10.5. The predicted octanol–water partition coefficient (Wildman–Crippen LogP) is 2.64. The van der Waals surface area contributed by atoms with Crippen LogP contribution in [0.25, 0.3) is 0 Å². The van der Waals surface area contributed by atoms with Gasteiger partial charge in [-0.3, -0.25) is 4.99 Å². The number of rotatable bonds is 6. The maximum Gasteiger partial charge on any atom is 0.191 e. The molecule has 2 rings (SSSR count). The second-order valence-corrected chi connectivity index (χ2v) is 7.19. The summed E-state index contributed by atoms with van der Waals surface area (Å²) in [7, 11) is 0. The van der Waals surface area contributed by atoms with Gasteiger partial charge in [0.15, 0.2) is 5.96 Å². The van der Waals surface area contributed by atoms with Crippen molar-refractivity contribution in [2.75, 3.05) is 19.6 Å². The van der Waals surface area contributed by atoms with Gasteiger partial charge in [0, 0.05) is 36.9 Å². The zero-order chi connectivity index (χ0) is 15.9. The van der Waals surface area contributed by atoms with Crippen molar-refractivity contribution in [1.29, 1.82) is 0 Å². The Labute approximate surface area is 160 Å². The van der Waals surface area contributed by atoms with E-state index in [-0.39, 0.29) is 30.1 Å². The van der Waals surface area contributed by atoms with Crippen LogP contribution >= 0.6 is 35.3 Å². The molecule has 1 saturated carbocycles. The standard InChI is InChI=1S/C16H28N4OS.HI/c1-4-17-16(19-10-13-6-5-7-14(13)21)18-9-8-15-20-11(2)12(3)22-15;/h13-14,21H,4-10H2,1-3H3,(H2,17,18,19);1H. The smallest absolute Gasteiger partial charge is 0.191 e. The number of aliphatic hydroxyl groups is 1. The van der Waals surface area contributed by atoms with Gasteiger partial charge in [-0.2, -0.15) is 0 Å². The van der Waals surface area contributed by atoms with Crippen LogP contribution in [0.5, 0.6) is 0 Å². The van der Waals surface area contributed by atoms with E-state index in [2.05, 4.69) is 41.4 Å². The third-order valence-corrected chi connectivity index (χ3v) is 5.28. The van der Waals surface area contributed by atoms with Gasteiger partial charge in [0.05, 0.1) is 16.8 Å². The van der Waals surface area contributed by atoms with Gasteiger partial charge in [0.25, 0.3) is 0 Å². The van der Waals surface area contributed by atoms with Gasteiger partial charge in [-0.05, 0) is 33.6 Å². The molecule has 0 aliphatic heterocycles. The number of aromatic nitrogens is 1. The first-order valence-electron chi connectivity index (χ1n) is 8.23. The second kappa shape index (κ2) is 10.5. The first-order valence-corrected chi connectivity index (χ1v) is 9.05. The van der Waals surface area contributed by atoms with Crippen LogP contribution in [0.2, 0.25) is 0 Å². The number of hydrogen-bond donors (Lipinski definition) is 3. The van der Waals surface area contributed by atoms with Crippen molar-refractivity contribution in [2.45, 2.75) is 52.6 Å². The van der Waals surface area contributed by atoms with Crippen molar-refractivity contribution >= 4 is 41.3 Å². The molecule has 0 spiro atoms. The summed E-state index contributed by atoms with van der Waals surface area (Å²) in [6.45, 7) is 8.60. The van der Waals surface area contributed by atoms with Crippen LogP contribution in [-0.2, 0) is 6.42 Å². The summed E-state index contributed by atoms with van der Waals surface area (Å²) >= 11 is 1.77. The zero-order valence-corrected chi connectivity index (χ0v) is 17.4. The van der Waals surface area contributed by atoms with Crippen molar-refractivity contribution in [3.8, 4) is 0 Å². The highest BCUT2D eigenvalue weighted by Gasteiger charge is 2.24. The van der Waals surface area contributed by atoms with Gasteiger partial charge in [-0.15, -0.1) is 35.3 Å². The summed E-state index contributed by atoms with van der Waals surface area (Å²) < 4.78 is 0. The lowest BCUT2D eigenvalue weighted by molar-refractivity contribution is 0.136. The number of hydrogen-bond acceptors (Lipinski definition) is 4. The number of aryl methyl sites for hydroxylation is 2. The molecule has 23 heavy (non-hydrogen) atoms. The van der Waals surface area contributed by atoms with Crippen molar-refractivity contribution < 1.29 is 5.11 Å². The molecule has 1 aromatic rings. The molecule has 0 amide bonds. The van der Waals surface area contributed by atoms with E-state index < -0.39 is 0 Å². The number of guanidine groups is 1. The molecule has 0 bridgehead atoms. The van der Waals surface area contributed by atoms with E-state index >= 15 is 0 Å².